The first-order chi connectivity index (χ1) is 9.98. The highest BCUT2D eigenvalue weighted by Gasteiger charge is 2.53. The average molecular weight is 289 g/mol. The molecular formula is C17H23NO3. The highest BCUT2D eigenvalue weighted by atomic mass is 16.5. The van der Waals surface area contributed by atoms with Crippen molar-refractivity contribution in [3.63, 3.8) is 0 Å². The van der Waals surface area contributed by atoms with E-state index < -0.39 is 5.60 Å². The summed E-state index contributed by atoms with van der Waals surface area (Å²) in [6, 6.07) is 6.03. The van der Waals surface area contributed by atoms with Crippen molar-refractivity contribution in [2.24, 2.45) is 5.92 Å². The second kappa shape index (κ2) is 5.34. The molecule has 0 spiro atoms. The molecule has 2 aliphatic rings. The van der Waals surface area contributed by atoms with Gasteiger partial charge in [-0.15, -0.1) is 0 Å². The van der Waals surface area contributed by atoms with E-state index in [0.717, 1.165) is 24.2 Å². The summed E-state index contributed by atoms with van der Waals surface area (Å²) >= 11 is 0. The van der Waals surface area contributed by atoms with Crippen LogP contribution in [0.25, 0.3) is 0 Å². The number of β-amino-alcohol motifs (C(OH)–C–C–N with tert-alkyl or cyclic N) is 1. The lowest BCUT2D eigenvalue weighted by Crippen LogP contribution is -2.64. The fourth-order valence-electron chi connectivity index (χ4n) is 3.04. The molecule has 21 heavy (non-hydrogen) atoms. The van der Waals surface area contributed by atoms with Gasteiger partial charge in [0.1, 0.15) is 11.4 Å². The first-order valence-electron chi connectivity index (χ1n) is 7.68. The molecule has 4 heteroatoms. The molecule has 0 radical (unpaired) electrons. The van der Waals surface area contributed by atoms with Gasteiger partial charge in [0.25, 0.3) is 0 Å². The standard InChI is InChI=1S/C17H23NO3/c1-12-3-6-15(13(2)9-12)21-8-7-16(19)18-10-17(20,11-18)14-4-5-14/h3,6,9,14,20H,4-5,7-8,10-11H2,1-2H3. The molecule has 3 rings (SSSR count). The Morgan fingerprint density at radius 3 is 2.71 bits per heavy atom. The van der Waals surface area contributed by atoms with Crippen LogP contribution in [0.3, 0.4) is 0 Å². The van der Waals surface area contributed by atoms with Gasteiger partial charge in [-0.1, -0.05) is 17.7 Å². The second-order valence-corrected chi connectivity index (χ2v) is 6.50. The molecule has 1 aromatic rings. The van der Waals surface area contributed by atoms with Crippen molar-refractivity contribution in [1.82, 2.24) is 4.90 Å². The molecule has 0 atom stereocenters. The summed E-state index contributed by atoms with van der Waals surface area (Å²) in [5.74, 6) is 1.34. The molecule has 1 N–H and O–H groups in total. The number of nitrogens with zero attached hydrogens (tertiary/aromatic N) is 1. The maximum absolute atomic E-state index is 12.0. The van der Waals surface area contributed by atoms with Crippen LogP contribution in [0.4, 0.5) is 0 Å². The SMILES string of the molecule is Cc1ccc(OCCC(=O)N2CC(O)(C3CC3)C2)c(C)c1. The average Bonchev–Trinajstić information content (AvgIpc) is 3.22. The van der Waals surface area contributed by atoms with Gasteiger partial charge in [0, 0.05) is 0 Å². The number of aryl methyl sites for hydroxylation is 2. The van der Waals surface area contributed by atoms with E-state index in [-0.39, 0.29) is 5.91 Å². The molecule has 1 heterocycles. The van der Waals surface area contributed by atoms with Gasteiger partial charge in [0.05, 0.1) is 26.1 Å². The Balaban J connectivity index is 1.42. The molecule has 114 valence electrons. The third kappa shape index (κ3) is 3.05. The van der Waals surface area contributed by atoms with Crippen molar-refractivity contribution in [2.45, 2.75) is 38.7 Å². The first kappa shape index (κ1) is 14.4. The minimum absolute atomic E-state index is 0.0742. The van der Waals surface area contributed by atoms with Crippen molar-refractivity contribution in [3.8, 4) is 5.75 Å². The summed E-state index contributed by atoms with van der Waals surface area (Å²) in [6.45, 7) is 5.45. The summed E-state index contributed by atoms with van der Waals surface area (Å²) in [7, 11) is 0. The molecule has 1 aliphatic heterocycles. The van der Waals surface area contributed by atoms with Crippen molar-refractivity contribution < 1.29 is 14.6 Å². The van der Waals surface area contributed by atoms with Crippen molar-refractivity contribution in [1.29, 1.82) is 0 Å². The van der Waals surface area contributed by atoms with Crippen molar-refractivity contribution >= 4 is 5.91 Å². The van der Waals surface area contributed by atoms with Crippen LogP contribution in [-0.2, 0) is 4.79 Å². The summed E-state index contributed by atoms with van der Waals surface area (Å²) < 4.78 is 5.68. The summed E-state index contributed by atoms with van der Waals surface area (Å²) in [6.07, 6.45) is 2.58. The zero-order chi connectivity index (χ0) is 15.0. The number of likely N-dealkylation sites (tertiary alicyclic amines) is 1. The molecule has 0 bridgehead atoms. The molecular weight excluding hydrogens is 266 g/mol. The van der Waals surface area contributed by atoms with Crippen LogP contribution >= 0.6 is 0 Å². The fourth-order valence-corrected chi connectivity index (χ4v) is 3.04. The minimum atomic E-state index is -0.593. The van der Waals surface area contributed by atoms with Crippen molar-refractivity contribution in [2.75, 3.05) is 19.7 Å². The van der Waals surface area contributed by atoms with Gasteiger partial charge >= 0.3 is 0 Å². The van der Waals surface area contributed by atoms with Crippen LogP contribution < -0.4 is 4.74 Å². The Hall–Kier alpha value is -1.55. The lowest BCUT2D eigenvalue weighted by atomic mass is 9.88. The monoisotopic (exact) mass is 289 g/mol. The Bertz CT molecular complexity index is 545. The van der Waals surface area contributed by atoms with E-state index in [2.05, 4.69) is 6.07 Å². The highest BCUT2D eigenvalue weighted by Crippen LogP contribution is 2.44. The number of hydrogen-bond donors (Lipinski definition) is 1. The topological polar surface area (TPSA) is 49.8 Å². The number of carbonyl (C=O) groups excluding carboxylic acids is 1. The third-order valence-electron chi connectivity index (χ3n) is 4.52. The molecule has 4 nitrogen and oxygen atoms in total. The van der Waals surface area contributed by atoms with Crippen molar-refractivity contribution in [3.05, 3.63) is 29.3 Å². The number of carbonyl (C=O) groups is 1. The zero-order valence-electron chi connectivity index (χ0n) is 12.8. The van der Waals surface area contributed by atoms with Gasteiger partial charge in [0.15, 0.2) is 0 Å². The molecule has 0 unspecified atom stereocenters. The highest BCUT2D eigenvalue weighted by molar-refractivity contribution is 5.77. The van der Waals surface area contributed by atoms with E-state index in [9.17, 15) is 9.90 Å². The smallest absolute Gasteiger partial charge is 0.226 e. The Labute approximate surface area is 125 Å². The molecule has 2 fully saturated rings. The number of amides is 1. The Morgan fingerprint density at radius 1 is 1.38 bits per heavy atom. The first-order valence-corrected chi connectivity index (χ1v) is 7.68. The molecule has 0 aromatic heterocycles. The van der Waals surface area contributed by atoms with Crippen LogP contribution in [0.15, 0.2) is 18.2 Å². The molecule has 1 saturated heterocycles. The predicted molar refractivity (Wildman–Crippen MR) is 80.3 cm³/mol. The van der Waals surface area contributed by atoms with E-state index in [0.29, 0.717) is 32.0 Å². The maximum atomic E-state index is 12.0. The lowest BCUT2D eigenvalue weighted by Gasteiger charge is -2.47. The van der Waals surface area contributed by atoms with E-state index in [1.807, 2.05) is 26.0 Å². The van der Waals surface area contributed by atoms with Crippen LogP contribution in [-0.4, -0.2) is 41.2 Å². The molecule has 1 saturated carbocycles. The Kier molecular flexibility index (Phi) is 3.66. The quantitative estimate of drug-likeness (QED) is 0.902. The van der Waals surface area contributed by atoms with E-state index in [1.165, 1.54) is 5.56 Å². The normalized spacial score (nSPS) is 20.0. The summed E-state index contributed by atoms with van der Waals surface area (Å²) in [5.41, 5.74) is 1.70. The van der Waals surface area contributed by atoms with Gasteiger partial charge in [-0.25, -0.2) is 0 Å². The summed E-state index contributed by atoms with van der Waals surface area (Å²) in [4.78, 5) is 13.8. The maximum Gasteiger partial charge on any atom is 0.226 e. The van der Waals surface area contributed by atoms with E-state index >= 15 is 0 Å². The van der Waals surface area contributed by atoms with Gasteiger partial charge in [0.2, 0.25) is 5.91 Å². The largest absolute Gasteiger partial charge is 0.493 e. The number of benzene rings is 1. The third-order valence-corrected chi connectivity index (χ3v) is 4.52. The number of aliphatic hydroxyl groups is 1. The van der Waals surface area contributed by atoms with Crippen LogP contribution in [0.2, 0.25) is 0 Å². The van der Waals surface area contributed by atoms with Crippen LogP contribution in [0.5, 0.6) is 5.75 Å². The zero-order valence-corrected chi connectivity index (χ0v) is 12.8. The predicted octanol–water partition coefficient (Wildman–Crippen LogP) is 2.06. The minimum Gasteiger partial charge on any atom is -0.493 e. The fraction of sp³-hybridized carbons (Fsp3) is 0.588. The van der Waals surface area contributed by atoms with Gasteiger partial charge in [-0.3, -0.25) is 4.79 Å². The Morgan fingerprint density at radius 2 is 2.10 bits per heavy atom. The molecule has 1 aliphatic carbocycles. The number of rotatable bonds is 5. The van der Waals surface area contributed by atoms with Gasteiger partial charge in [-0.05, 0) is 44.2 Å². The van der Waals surface area contributed by atoms with E-state index in [4.69, 9.17) is 4.74 Å². The number of hydrogen-bond acceptors (Lipinski definition) is 3. The van der Waals surface area contributed by atoms with Crippen LogP contribution in [0.1, 0.15) is 30.4 Å². The van der Waals surface area contributed by atoms with Gasteiger partial charge in [-0.2, -0.15) is 0 Å². The molecule has 1 aromatic carbocycles. The van der Waals surface area contributed by atoms with Gasteiger partial charge < -0.3 is 14.7 Å². The van der Waals surface area contributed by atoms with E-state index in [1.54, 1.807) is 4.90 Å². The molecule has 1 amide bonds. The van der Waals surface area contributed by atoms with Crippen LogP contribution in [0, 0.1) is 19.8 Å². The summed E-state index contributed by atoms with van der Waals surface area (Å²) in [5, 5.41) is 10.2. The second-order valence-electron chi connectivity index (χ2n) is 6.50. The number of ether oxygens (including phenoxy) is 1. The lowest BCUT2D eigenvalue weighted by molar-refractivity contribution is -0.159.